The van der Waals surface area contributed by atoms with E-state index in [2.05, 4.69) is 18.6 Å². The van der Waals surface area contributed by atoms with Gasteiger partial charge in [0, 0.05) is 6.08 Å². The summed E-state index contributed by atoms with van der Waals surface area (Å²) in [5.41, 5.74) is 0. The van der Waals surface area contributed by atoms with Crippen molar-refractivity contribution in [2.45, 2.75) is 27.7 Å². The maximum atomic E-state index is 10.4. The van der Waals surface area contributed by atoms with Crippen LogP contribution in [-0.2, 0) is 9.53 Å². The number of carbonyl (C=O) groups excluding carboxylic acids is 1. The van der Waals surface area contributed by atoms with Gasteiger partial charge in [-0.15, -0.1) is 0 Å². The molecule has 0 saturated heterocycles. The zero-order chi connectivity index (χ0) is 13.0. The monoisotopic (exact) mass is 228 g/mol. The van der Waals surface area contributed by atoms with Crippen LogP contribution >= 0.6 is 0 Å². The van der Waals surface area contributed by atoms with Crippen molar-refractivity contribution in [3.63, 3.8) is 0 Å². The molecule has 0 rings (SSSR count). The number of methoxy groups -OCH3 is 1. The minimum Gasteiger partial charge on any atom is -0.466 e. The van der Waals surface area contributed by atoms with Gasteiger partial charge >= 0.3 is 5.97 Å². The van der Waals surface area contributed by atoms with E-state index in [1.165, 1.54) is 13.2 Å². The van der Waals surface area contributed by atoms with Gasteiger partial charge in [0.2, 0.25) is 0 Å². The number of aliphatic hydroxyl groups is 1. The average molecular weight is 228 g/mol. The van der Waals surface area contributed by atoms with Gasteiger partial charge in [0.05, 0.1) is 13.7 Å². The van der Waals surface area contributed by atoms with E-state index in [1.807, 2.05) is 19.9 Å². The molecule has 0 radical (unpaired) electrons. The third kappa shape index (κ3) is 18.6. The van der Waals surface area contributed by atoms with Gasteiger partial charge in [-0.3, -0.25) is 0 Å². The number of esters is 1. The second-order valence-electron chi connectivity index (χ2n) is 3.98. The largest absolute Gasteiger partial charge is 0.466 e. The summed E-state index contributed by atoms with van der Waals surface area (Å²) in [6.07, 6.45) is 6.96. The molecule has 0 aliphatic carbocycles. The van der Waals surface area contributed by atoms with Crippen LogP contribution in [0.5, 0.6) is 0 Å². The number of hydrogen-bond acceptors (Lipinski definition) is 3. The molecule has 0 aromatic carbocycles. The Labute approximate surface area is 98.8 Å². The van der Waals surface area contributed by atoms with Crippen LogP contribution in [-0.4, -0.2) is 24.8 Å². The molecule has 0 fully saturated rings. The van der Waals surface area contributed by atoms with Gasteiger partial charge in [-0.25, -0.2) is 4.79 Å². The highest BCUT2D eigenvalue weighted by Crippen LogP contribution is 1.93. The van der Waals surface area contributed by atoms with Gasteiger partial charge in [0.1, 0.15) is 0 Å². The Kier molecular flexibility index (Phi) is 13.0. The van der Waals surface area contributed by atoms with E-state index >= 15 is 0 Å². The molecule has 0 saturated carbocycles. The predicted molar refractivity (Wildman–Crippen MR) is 67.1 cm³/mol. The van der Waals surface area contributed by atoms with Gasteiger partial charge in [-0.05, 0) is 11.8 Å². The first-order valence-electron chi connectivity index (χ1n) is 5.47. The van der Waals surface area contributed by atoms with Crippen molar-refractivity contribution in [1.29, 1.82) is 0 Å². The van der Waals surface area contributed by atoms with E-state index in [0.717, 1.165) is 0 Å². The van der Waals surface area contributed by atoms with Gasteiger partial charge in [-0.1, -0.05) is 45.9 Å². The van der Waals surface area contributed by atoms with Crippen LogP contribution < -0.4 is 0 Å². The Bertz CT molecular complexity index is 215. The zero-order valence-electron chi connectivity index (χ0n) is 10.9. The molecular weight excluding hydrogens is 204 g/mol. The Morgan fingerprint density at radius 1 is 1.19 bits per heavy atom. The van der Waals surface area contributed by atoms with Crippen molar-refractivity contribution in [1.82, 2.24) is 0 Å². The molecule has 16 heavy (non-hydrogen) atoms. The highest BCUT2D eigenvalue weighted by atomic mass is 16.5. The van der Waals surface area contributed by atoms with Crippen molar-refractivity contribution in [3.8, 4) is 0 Å². The number of carbonyl (C=O) groups is 1. The van der Waals surface area contributed by atoms with Crippen LogP contribution in [0.3, 0.4) is 0 Å². The smallest absolute Gasteiger partial charge is 0.330 e. The molecule has 0 spiro atoms. The van der Waals surface area contributed by atoms with Crippen LogP contribution in [0.15, 0.2) is 24.3 Å². The number of allylic oxidation sites excluding steroid dienone is 2. The molecule has 0 aromatic rings. The third-order valence-electron chi connectivity index (χ3n) is 1.44. The predicted octanol–water partition coefficient (Wildman–Crippen LogP) is 2.56. The van der Waals surface area contributed by atoms with E-state index in [1.54, 1.807) is 12.2 Å². The highest BCUT2D eigenvalue weighted by molar-refractivity contribution is 5.81. The fraction of sp³-hybridized carbons (Fsp3) is 0.615. The van der Waals surface area contributed by atoms with E-state index < -0.39 is 0 Å². The normalized spacial score (nSPS) is 11.0. The Morgan fingerprint density at radius 2 is 1.69 bits per heavy atom. The maximum Gasteiger partial charge on any atom is 0.330 e. The van der Waals surface area contributed by atoms with Crippen molar-refractivity contribution < 1.29 is 14.6 Å². The van der Waals surface area contributed by atoms with Crippen LogP contribution in [0.1, 0.15) is 27.7 Å². The van der Waals surface area contributed by atoms with Crippen LogP contribution in [0.4, 0.5) is 0 Å². The van der Waals surface area contributed by atoms with E-state index in [9.17, 15) is 4.79 Å². The van der Waals surface area contributed by atoms with Crippen molar-refractivity contribution >= 4 is 5.97 Å². The number of ether oxygens (including phenoxy) is 1. The van der Waals surface area contributed by atoms with Crippen LogP contribution in [0.25, 0.3) is 0 Å². The van der Waals surface area contributed by atoms with E-state index in [0.29, 0.717) is 11.8 Å². The lowest BCUT2D eigenvalue weighted by Crippen LogP contribution is -1.94. The lowest BCUT2D eigenvalue weighted by atomic mass is 10.2. The molecule has 1 N–H and O–H groups in total. The lowest BCUT2D eigenvalue weighted by molar-refractivity contribution is -0.134. The summed E-state index contributed by atoms with van der Waals surface area (Å²) in [6, 6.07) is 0. The molecule has 0 aliphatic heterocycles. The van der Waals surface area contributed by atoms with Gasteiger partial charge in [-0.2, -0.15) is 0 Å². The lowest BCUT2D eigenvalue weighted by Gasteiger charge is -1.92. The van der Waals surface area contributed by atoms with Crippen LogP contribution in [0, 0.1) is 11.8 Å². The average Bonchev–Trinajstić information content (AvgIpc) is 2.23. The fourth-order valence-electron chi connectivity index (χ4n) is 0.672. The van der Waals surface area contributed by atoms with Gasteiger partial charge in [0.15, 0.2) is 0 Å². The summed E-state index contributed by atoms with van der Waals surface area (Å²) in [5.74, 6) is 0.681. The summed E-state index contributed by atoms with van der Waals surface area (Å²) < 4.78 is 4.37. The number of rotatable bonds is 4. The van der Waals surface area contributed by atoms with Crippen molar-refractivity contribution in [2.24, 2.45) is 11.8 Å². The first-order chi connectivity index (χ1) is 7.43. The van der Waals surface area contributed by atoms with Crippen molar-refractivity contribution in [3.05, 3.63) is 24.3 Å². The van der Waals surface area contributed by atoms with Crippen LogP contribution in [0.2, 0.25) is 0 Å². The van der Waals surface area contributed by atoms with E-state index in [-0.39, 0.29) is 12.6 Å². The molecule has 0 amide bonds. The number of aliphatic hydroxyl groups excluding tert-OH is 1. The molecule has 0 aliphatic rings. The molecule has 0 bridgehead atoms. The molecule has 0 unspecified atom stereocenters. The summed E-state index contributed by atoms with van der Waals surface area (Å²) in [7, 11) is 1.37. The molecule has 3 nitrogen and oxygen atoms in total. The third-order valence-corrected chi connectivity index (χ3v) is 1.44. The zero-order valence-corrected chi connectivity index (χ0v) is 10.9. The first kappa shape index (κ1) is 17.3. The number of hydrogen-bond donors (Lipinski definition) is 1. The highest BCUT2D eigenvalue weighted by Gasteiger charge is 1.90. The first-order valence-corrected chi connectivity index (χ1v) is 5.47. The fourth-order valence-corrected chi connectivity index (χ4v) is 0.672. The molecular formula is C13H24O3. The maximum absolute atomic E-state index is 10.4. The van der Waals surface area contributed by atoms with Gasteiger partial charge < -0.3 is 9.84 Å². The standard InChI is InChI=1S/C7H12O2.C6H12O/c1-6(2)4-5-7(8)9-3;1-6(2)4-3-5-7/h4-6H,1-3H3;3-4,6-7H,5H2,1-2H3/b5-4-;4-3-. The molecule has 3 heteroatoms. The van der Waals surface area contributed by atoms with E-state index in [4.69, 9.17) is 5.11 Å². The molecule has 0 aromatic heterocycles. The summed E-state index contributed by atoms with van der Waals surface area (Å²) >= 11 is 0. The van der Waals surface area contributed by atoms with Crippen molar-refractivity contribution in [2.75, 3.05) is 13.7 Å². The second kappa shape index (κ2) is 12.0. The molecule has 94 valence electrons. The second-order valence-corrected chi connectivity index (χ2v) is 3.98. The SMILES string of the molecule is CC(C)/C=C\CO.COC(=O)/C=C\C(C)C. The van der Waals surface area contributed by atoms with Gasteiger partial charge in [0.25, 0.3) is 0 Å². The minimum absolute atomic E-state index is 0.165. The summed E-state index contributed by atoms with van der Waals surface area (Å²) in [4.78, 5) is 10.4. The summed E-state index contributed by atoms with van der Waals surface area (Å²) in [6.45, 7) is 8.31. The minimum atomic E-state index is -0.288. The topological polar surface area (TPSA) is 46.5 Å². The quantitative estimate of drug-likeness (QED) is 0.457. The Hall–Kier alpha value is -1.09. The Morgan fingerprint density at radius 3 is 1.94 bits per heavy atom. The summed E-state index contributed by atoms with van der Waals surface area (Å²) in [5, 5.41) is 8.23. The molecule has 0 atom stereocenters. The Balaban J connectivity index is 0. The molecule has 0 heterocycles.